The van der Waals surface area contributed by atoms with Crippen molar-refractivity contribution in [2.45, 2.75) is 5.79 Å². The van der Waals surface area contributed by atoms with Crippen molar-refractivity contribution in [3.63, 3.8) is 0 Å². The maximum atomic E-state index is 13.9. The maximum absolute atomic E-state index is 13.9. The van der Waals surface area contributed by atoms with Gasteiger partial charge in [0.2, 0.25) is 5.95 Å². The first kappa shape index (κ1) is 18.1. The van der Waals surface area contributed by atoms with Gasteiger partial charge in [0, 0.05) is 25.7 Å². The Labute approximate surface area is 159 Å². The van der Waals surface area contributed by atoms with E-state index < -0.39 is 11.6 Å². The number of anilines is 1. The molecule has 2 heterocycles. The molecule has 4 aromatic rings. The van der Waals surface area contributed by atoms with Gasteiger partial charge < -0.3 is 19.9 Å². The molecule has 0 unspecified atom stereocenters. The van der Waals surface area contributed by atoms with E-state index >= 15 is 0 Å². The Morgan fingerprint density at radius 1 is 1.04 bits per heavy atom. The Balaban J connectivity index is 2.14. The van der Waals surface area contributed by atoms with Gasteiger partial charge in [-0.05, 0) is 24.3 Å². The minimum Gasteiger partial charge on any atom is -0.496 e. The number of nitrogen functional groups attached to an aromatic ring is 1. The van der Waals surface area contributed by atoms with Crippen LogP contribution in [0.3, 0.4) is 0 Å². The lowest BCUT2D eigenvalue weighted by atomic mass is 10.0. The van der Waals surface area contributed by atoms with Crippen LogP contribution in [0.4, 0.5) is 10.3 Å². The summed E-state index contributed by atoms with van der Waals surface area (Å²) >= 11 is 0. The number of aromatic nitrogens is 4. The summed E-state index contributed by atoms with van der Waals surface area (Å²) in [4.78, 5) is 8.88. The summed E-state index contributed by atoms with van der Waals surface area (Å²) in [7, 11) is 4.49. The SMILES string of the molecule is COc1ccccc1C(OC)(OC)c1nc2cc(F)ccc2c2nc(N)nn12. The molecule has 8 nitrogen and oxygen atoms in total. The number of benzene rings is 2. The summed E-state index contributed by atoms with van der Waals surface area (Å²) in [5, 5.41) is 4.85. The summed E-state index contributed by atoms with van der Waals surface area (Å²) in [5.74, 6) is -1.15. The first-order valence-corrected chi connectivity index (χ1v) is 8.40. The minimum absolute atomic E-state index is 0.0426. The normalized spacial score (nSPS) is 12.0. The van der Waals surface area contributed by atoms with Crippen molar-refractivity contribution >= 4 is 22.5 Å². The van der Waals surface area contributed by atoms with Crippen molar-refractivity contribution in [1.29, 1.82) is 0 Å². The average molecular weight is 383 g/mol. The van der Waals surface area contributed by atoms with Crippen molar-refractivity contribution in [2.24, 2.45) is 0 Å². The van der Waals surface area contributed by atoms with Crippen LogP contribution in [0.25, 0.3) is 16.6 Å². The van der Waals surface area contributed by atoms with Gasteiger partial charge in [0.15, 0.2) is 11.5 Å². The molecule has 2 N–H and O–H groups in total. The van der Waals surface area contributed by atoms with E-state index in [1.165, 1.54) is 30.9 Å². The molecule has 28 heavy (non-hydrogen) atoms. The molecular weight excluding hydrogens is 365 g/mol. The molecule has 0 aliphatic heterocycles. The summed E-state index contributed by atoms with van der Waals surface area (Å²) < 4.78 is 32.4. The maximum Gasteiger partial charge on any atom is 0.261 e. The molecule has 0 atom stereocenters. The number of para-hydroxylation sites is 1. The minimum atomic E-state index is -1.51. The number of ether oxygens (including phenoxy) is 3. The van der Waals surface area contributed by atoms with E-state index in [1.54, 1.807) is 25.3 Å². The highest BCUT2D eigenvalue weighted by Gasteiger charge is 2.42. The number of rotatable bonds is 5. The van der Waals surface area contributed by atoms with Crippen LogP contribution < -0.4 is 10.5 Å². The van der Waals surface area contributed by atoms with Gasteiger partial charge in [0.1, 0.15) is 11.6 Å². The van der Waals surface area contributed by atoms with Crippen LogP contribution in [0, 0.1) is 5.82 Å². The fraction of sp³-hybridized carbons (Fsp3) is 0.211. The molecule has 0 spiro atoms. The molecule has 0 aliphatic carbocycles. The van der Waals surface area contributed by atoms with E-state index in [4.69, 9.17) is 19.9 Å². The molecule has 2 aromatic heterocycles. The Kier molecular flexibility index (Phi) is 4.33. The van der Waals surface area contributed by atoms with Gasteiger partial charge in [0.05, 0.1) is 18.2 Å². The summed E-state index contributed by atoms with van der Waals surface area (Å²) in [5.41, 5.74) is 7.18. The fourth-order valence-corrected chi connectivity index (χ4v) is 3.33. The monoisotopic (exact) mass is 383 g/mol. The van der Waals surface area contributed by atoms with Crippen LogP contribution in [0.5, 0.6) is 5.75 Å². The summed E-state index contributed by atoms with van der Waals surface area (Å²) in [6, 6.07) is 11.4. The topological polar surface area (TPSA) is 96.8 Å². The predicted molar refractivity (Wildman–Crippen MR) is 100 cm³/mol. The molecular formula is C19H18FN5O3. The van der Waals surface area contributed by atoms with Gasteiger partial charge in [-0.2, -0.15) is 9.50 Å². The van der Waals surface area contributed by atoms with Crippen LogP contribution >= 0.6 is 0 Å². The van der Waals surface area contributed by atoms with E-state index in [-0.39, 0.29) is 11.8 Å². The Bertz CT molecular complexity index is 1170. The van der Waals surface area contributed by atoms with Crippen LogP contribution in [-0.2, 0) is 15.3 Å². The number of hydrogen-bond donors (Lipinski definition) is 1. The molecule has 0 fully saturated rings. The zero-order valence-electron chi connectivity index (χ0n) is 15.5. The Morgan fingerprint density at radius 2 is 1.79 bits per heavy atom. The van der Waals surface area contributed by atoms with Gasteiger partial charge >= 0.3 is 0 Å². The van der Waals surface area contributed by atoms with Crippen molar-refractivity contribution < 1.29 is 18.6 Å². The number of nitrogens with zero attached hydrogens (tertiary/aromatic N) is 4. The standard InChI is InChI=1S/C19H18FN5O3/c1-26-15-7-5-4-6-13(15)19(27-2,28-3)17-22-14-10-11(20)8-9-12(14)16-23-18(21)24-25(16)17/h4-10H,1-3H3,(H2,21,24). The zero-order chi connectivity index (χ0) is 19.9. The largest absolute Gasteiger partial charge is 0.496 e. The lowest BCUT2D eigenvalue weighted by Gasteiger charge is -2.31. The molecule has 0 saturated heterocycles. The zero-order valence-corrected chi connectivity index (χ0v) is 15.5. The fourth-order valence-electron chi connectivity index (χ4n) is 3.33. The molecule has 144 valence electrons. The number of nitrogens with two attached hydrogens (primary N) is 1. The summed E-state index contributed by atoms with van der Waals surface area (Å²) in [6.45, 7) is 0. The van der Waals surface area contributed by atoms with E-state index in [0.717, 1.165) is 0 Å². The molecule has 0 saturated carbocycles. The highest BCUT2D eigenvalue weighted by Crippen LogP contribution is 2.39. The first-order valence-electron chi connectivity index (χ1n) is 8.40. The molecule has 0 radical (unpaired) electrons. The lowest BCUT2D eigenvalue weighted by molar-refractivity contribution is -0.191. The van der Waals surface area contributed by atoms with Crippen molar-refractivity contribution in [3.8, 4) is 5.75 Å². The second kappa shape index (κ2) is 6.70. The molecule has 0 amide bonds. The highest BCUT2D eigenvalue weighted by molar-refractivity contribution is 5.91. The third-order valence-electron chi connectivity index (χ3n) is 4.58. The molecule has 9 heteroatoms. The Hall–Kier alpha value is -3.30. The molecule has 0 bridgehead atoms. The van der Waals surface area contributed by atoms with Crippen LogP contribution in [0.2, 0.25) is 0 Å². The summed E-state index contributed by atoms with van der Waals surface area (Å²) in [6.07, 6.45) is 0. The van der Waals surface area contributed by atoms with E-state index in [0.29, 0.717) is 27.9 Å². The van der Waals surface area contributed by atoms with Crippen molar-refractivity contribution in [2.75, 3.05) is 27.1 Å². The second-order valence-electron chi connectivity index (χ2n) is 6.03. The van der Waals surface area contributed by atoms with Gasteiger partial charge in [-0.15, -0.1) is 5.10 Å². The average Bonchev–Trinajstić information content (AvgIpc) is 3.11. The first-order chi connectivity index (χ1) is 13.5. The second-order valence-corrected chi connectivity index (χ2v) is 6.03. The van der Waals surface area contributed by atoms with Gasteiger partial charge in [-0.1, -0.05) is 12.1 Å². The number of methoxy groups -OCH3 is 3. The van der Waals surface area contributed by atoms with Gasteiger partial charge in [-0.3, -0.25) is 0 Å². The third-order valence-corrected chi connectivity index (χ3v) is 4.58. The smallest absolute Gasteiger partial charge is 0.261 e. The number of halogens is 1. The highest BCUT2D eigenvalue weighted by atomic mass is 19.1. The predicted octanol–water partition coefficient (Wildman–Crippen LogP) is 2.50. The molecule has 4 rings (SSSR count). The number of hydrogen-bond acceptors (Lipinski definition) is 7. The van der Waals surface area contributed by atoms with Gasteiger partial charge in [0.25, 0.3) is 5.79 Å². The van der Waals surface area contributed by atoms with Crippen molar-refractivity contribution in [1.82, 2.24) is 19.6 Å². The van der Waals surface area contributed by atoms with Crippen LogP contribution in [0.15, 0.2) is 42.5 Å². The van der Waals surface area contributed by atoms with E-state index in [2.05, 4.69) is 15.1 Å². The van der Waals surface area contributed by atoms with E-state index in [9.17, 15) is 4.39 Å². The quantitative estimate of drug-likeness (QED) is 0.529. The van der Waals surface area contributed by atoms with Crippen LogP contribution in [-0.4, -0.2) is 40.9 Å². The lowest BCUT2D eigenvalue weighted by Crippen LogP contribution is -2.36. The Morgan fingerprint density at radius 3 is 2.50 bits per heavy atom. The number of fused-ring (bicyclic) bond motifs is 3. The van der Waals surface area contributed by atoms with Crippen molar-refractivity contribution in [3.05, 3.63) is 59.7 Å². The molecule has 2 aromatic carbocycles. The van der Waals surface area contributed by atoms with E-state index in [1.807, 2.05) is 12.1 Å². The molecule has 0 aliphatic rings. The van der Waals surface area contributed by atoms with Crippen LogP contribution in [0.1, 0.15) is 11.4 Å². The third kappa shape index (κ3) is 2.55. The van der Waals surface area contributed by atoms with Gasteiger partial charge in [-0.25, -0.2) is 9.37 Å².